The summed E-state index contributed by atoms with van der Waals surface area (Å²) in [7, 11) is -9.28. The maximum absolute atomic E-state index is 9.90. The molecule has 0 fully saturated rings. The molecule has 0 aromatic carbocycles. The van der Waals surface area contributed by atoms with Gasteiger partial charge in [0, 0.05) is 12.8 Å². The first kappa shape index (κ1) is 50.7. The van der Waals surface area contributed by atoms with E-state index in [9.17, 15) is 9.59 Å². The number of carbonyl (C=O) groups is 3. The van der Waals surface area contributed by atoms with Crippen molar-refractivity contribution in [3.63, 3.8) is 0 Å². The van der Waals surface area contributed by atoms with E-state index in [-0.39, 0.29) is 60.9 Å². The number of rotatable bonds is 5. The average Bonchev–Trinajstić information content (AvgIpc) is 2.18. The fourth-order valence-corrected chi connectivity index (χ4v) is 0.552. The molecule has 0 unspecified atom stereocenters. The topological polar surface area (TPSA) is 395 Å². The molecule has 0 aliphatic carbocycles. The number of aliphatic carboxylic acids is 2. The van der Waals surface area contributed by atoms with Gasteiger partial charge in [0.25, 0.3) is 0 Å². The van der Waals surface area contributed by atoms with Crippen molar-refractivity contribution < 1.29 is 103 Å². The average molecular weight is 477 g/mol. The van der Waals surface area contributed by atoms with Crippen LogP contribution in [0.1, 0.15) is 25.7 Å². The zero-order valence-corrected chi connectivity index (χ0v) is 18.6. The minimum absolute atomic E-state index is 0. The molecule has 0 amide bonds. The molecule has 0 spiro atoms. The number of unbranched alkanes of at least 4 members (excludes halogenated alkanes) is 1. The Morgan fingerprint density at radius 1 is 0.643 bits per heavy atom. The molecule has 0 heterocycles. The summed E-state index contributed by atoms with van der Waals surface area (Å²) in [4.78, 5) is 71.4. The van der Waals surface area contributed by atoms with Gasteiger partial charge >= 0.3 is 57.1 Å². The van der Waals surface area contributed by atoms with Gasteiger partial charge in [0.1, 0.15) is 0 Å². The molecule has 0 radical (unpaired) electrons. The molecule has 0 aliphatic heterocycles. The second kappa shape index (κ2) is 28.5. The molecule has 0 aromatic rings. The van der Waals surface area contributed by atoms with Crippen LogP contribution in [0.25, 0.3) is 0 Å². The largest absolute Gasteiger partial charge is 1.00 e. The van der Waals surface area contributed by atoms with E-state index in [4.69, 9.17) is 63.7 Å². The zero-order chi connectivity index (χ0) is 20.6. The van der Waals surface area contributed by atoms with Crippen LogP contribution in [-0.2, 0) is 18.7 Å². The molecule has 0 aliphatic rings. The standard InChI is InChI=1S/C6H10O4.CH2O3.3H3N.Na.2H3O4P/c7-5(8)3-1-2-4-6(9)10;2-1(3)4;;;;;2*1-5(2,3)4/h1-4H2,(H,7,8)(H,9,10);(H2,2,3,4);3*1H3;;2*(H3,1,2,3,4)/q;;;;;+1;;/p-1. The number of hydrogen-bond donors (Lipinski definition) is 12. The van der Waals surface area contributed by atoms with Gasteiger partial charge in [-0.2, -0.15) is 0 Å². The van der Waals surface area contributed by atoms with Gasteiger partial charge in [-0.1, -0.05) is 0 Å². The minimum atomic E-state index is -4.64. The van der Waals surface area contributed by atoms with Crippen molar-refractivity contribution in [2.24, 2.45) is 0 Å². The Morgan fingerprint density at radius 3 is 0.821 bits per heavy atom. The van der Waals surface area contributed by atoms with Crippen molar-refractivity contribution in [1.29, 1.82) is 0 Å². The van der Waals surface area contributed by atoms with E-state index >= 15 is 0 Å². The van der Waals surface area contributed by atoms with Crippen LogP contribution in [0, 0.1) is 0 Å². The zero-order valence-electron chi connectivity index (χ0n) is 14.8. The molecule has 21 heteroatoms. The Balaban J connectivity index is -0.0000000324. The van der Waals surface area contributed by atoms with Gasteiger partial charge in [0.05, 0.1) is 0 Å². The van der Waals surface area contributed by atoms with Gasteiger partial charge in [-0.3, -0.25) is 9.59 Å². The summed E-state index contributed by atoms with van der Waals surface area (Å²) in [6, 6.07) is 0. The smallest absolute Gasteiger partial charge is 0.565 e. The second-order valence-electron chi connectivity index (χ2n) is 3.29. The van der Waals surface area contributed by atoms with Crippen molar-refractivity contribution in [2.45, 2.75) is 25.7 Å². The van der Waals surface area contributed by atoms with E-state index in [1.165, 1.54) is 0 Å². The van der Waals surface area contributed by atoms with Crippen LogP contribution in [0.5, 0.6) is 0 Å². The first-order valence-corrected chi connectivity index (χ1v) is 8.39. The monoisotopic (exact) mass is 477 g/mol. The van der Waals surface area contributed by atoms with Crippen molar-refractivity contribution in [2.75, 3.05) is 0 Å². The summed E-state index contributed by atoms with van der Waals surface area (Å²) in [5.41, 5.74) is 0. The SMILES string of the molecule is N.N.N.O=C(O)CCCCC(=O)O.O=C([O-])O.O=P(O)(O)O.O=P(O)(O)O.[Na+]. The molecule has 18 N–H and O–H groups in total. The van der Waals surface area contributed by atoms with E-state index in [2.05, 4.69) is 0 Å². The third-order valence-corrected chi connectivity index (χ3v) is 1.03. The van der Waals surface area contributed by atoms with Gasteiger partial charge in [-0.25, -0.2) is 9.13 Å². The summed E-state index contributed by atoms with van der Waals surface area (Å²) in [6.07, 6.45) is -1.07. The summed E-state index contributed by atoms with van der Waals surface area (Å²) in [5, 5.41) is 31.6. The predicted molar refractivity (Wildman–Crippen MR) is 85.4 cm³/mol. The number of carboxylic acid groups (broad SMARTS) is 4. The molecule has 0 aromatic heterocycles. The first-order chi connectivity index (χ1) is 10.4. The van der Waals surface area contributed by atoms with Gasteiger partial charge in [-0.15, -0.1) is 0 Å². The van der Waals surface area contributed by atoms with Crippen LogP contribution >= 0.6 is 15.6 Å². The molecule has 0 bridgehead atoms. The Bertz CT molecular complexity index is 410. The molecule has 0 saturated heterocycles. The molecule has 170 valence electrons. The molecule has 28 heavy (non-hydrogen) atoms. The maximum atomic E-state index is 9.90. The van der Waals surface area contributed by atoms with Crippen molar-refractivity contribution in [1.82, 2.24) is 18.5 Å². The summed E-state index contributed by atoms with van der Waals surface area (Å²) in [5.74, 6) is -1.74. The minimum Gasteiger partial charge on any atom is -0.565 e. The van der Waals surface area contributed by atoms with E-state index in [0.717, 1.165) is 0 Å². The Kier molecular flexibility index (Phi) is 51.6. The van der Waals surface area contributed by atoms with Crippen LogP contribution in [0.15, 0.2) is 0 Å². The molecular weight excluding hydrogens is 451 g/mol. The Hall–Kier alpha value is -0.690. The van der Waals surface area contributed by atoms with Gasteiger partial charge in [-0.05, 0) is 12.8 Å². The van der Waals surface area contributed by atoms with Crippen LogP contribution in [0.4, 0.5) is 4.79 Å². The second-order valence-corrected chi connectivity index (χ2v) is 5.34. The normalized spacial score (nSPS) is 8.36. The van der Waals surface area contributed by atoms with E-state index in [1.54, 1.807) is 0 Å². The fraction of sp³-hybridized carbons (Fsp3) is 0.571. The fourth-order valence-electron chi connectivity index (χ4n) is 0.552. The summed E-state index contributed by atoms with van der Waals surface area (Å²) >= 11 is 0. The van der Waals surface area contributed by atoms with Gasteiger partial charge in [0.2, 0.25) is 6.16 Å². The summed E-state index contributed by atoms with van der Waals surface area (Å²) < 4.78 is 17.8. The molecule has 0 saturated carbocycles. The number of carboxylic acids is 2. The number of phosphoric acid groups is 2. The predicted octanol–water partition coefficient (Wildman–Crippen LogP) is -4.76. The quantitative estimate of drug-likeness (QED) is 0.100. The Morgan fingerprint density at radius 2 is 0.750 bits per heavy atom. The summed E-state index contributed by atoms with van der Waals surface area (Å²) in [6.45, 7) is 0. The number of hydrogen-bond acceptors (Lipinski definition) is 9. The Labute approximate surface area is 180 Å². The molecule has 0 atom stereocenters. The van der Waals surface area contributed by atoms with E-state index in [0.29, 0.717) is 12.8 Å². The maximum Gasteiger partial charge on any atom is 1.00 e. The van der Waals surface area contributed by atoms with Crippen molar-refractivity contribution >= 4 is 33.7 Å². The molecular formula is C7H26N3NaO15P2. The molecule has 18 nitrogen and oxygen atoms in total. The van der Waals surface area contributed by atoms with Crippen LogP contribution < -0.4 is 53.1 Å². The van der Waals surface area contributed by atoms with Crippen LogP contribution in [-0.4, -0.2) is 62.8 Å². The first-order valence-electron chi connectivity index (χ1n) is 5.26. The van der Waals surface area contributed by atoms with Crippen molar-refractivity contribution in [3.8, 4) is 0 Å². The van der Waals surface area contributed by atoms with Crippen molar-refractivity contribution in [3.05, 3.63) is 0 Å². The van der Waals surface area contributed by atoms with Gasteiger partial charge < -0.3 is 73.0 Å². The van der Waals surface area contributed by atoms with Crippen LogP contribution in [0.3, 0.4) is 0 Å². The van der Waals surface area contributed by atoms with E-state index < -0.39 is 33.7 Å². The van der Waals surface area contributed by atoms with Crippen LogP contribution in [0.2, 0.25) is 0 Å². The third kappa shape index (κ3) is 376. The van der Waals surface area contributed by atoms with E-state index in [1.807, 2.05) is 0 Å². The third-order valence-electron chi connectivity index (χ3n) is 1.03. The molecule has 0 rings (SSSR count). The van der Waals surface area contributed by atoms with Gasteiger partial charge in [0.15, 0.2) is 0 Å².